The Labute approximate surface area is 256 Å². The minimum absolute atomic E-state index is 0.212. The highest BCUT2D eigenvalue weighted by atomic mass is 19.1. The van der Waals surface area contributed by atoms with Crippen LogP contribution in [0, 0.1) is 25.1 Å². The largest absolute Gasteiger partial charge is 0.479 e. The summed E-state index contributed by atoms with van der Waals surface area (Å²) in [6.07, 6.45) is 1.76. The second kappa shape index (κ2) is 13.1. The number of halogens is 1. The molecule has 232 valence electrons. The quantitative estimate of drug-likeness (QED) is 0.261. The van der Waals surface area contributed by atoms with Crippen LogP contribution < -0.4 is 4.90 Å². The molecule has 1 aliphatic rings. The van der Waals surface area contributed by atoms with Crippen LogP contribution in [0.15, 0.2) is 48.5 Å². The molecule has 2 aromatic carbocycles. The van der Waals surface area contributed by atoms with Crippen LogP contribution in [0.4, 0.5) is 10.1 Å². The van der Waals surface area contributed by atoms with Crippen LogP contribution in [-0.4, -0.2) is 53.2 Å². The number of likely N-dealkylation sites (N-methyl/N-ethyl adjacent to an activating group) is 1. The summed E-state index contributed by atoms with van der Waals surface area (Å²) in [5, 5.41) is 10.4. The zero-order valence-corrected chi connectivity index (χ0v) is 27.1. The third kappa shape index (κ3) is 8.42. The third-order valence-corrected chi connectivity index (χ3v) is 8.36. The zero-order valence-electron chi connectivity index (χ0n) is 27.1. The van der Waals surface area contributed by atoms with Gasteiger partial charge in [0.05, 0.1) is 11.3 Å². The SMILES string of the molecule is Cc1nc(C)c([C@H](OC(C)(C)C)C(=O)O)c(N2CCC(C)(C)CC2)c1-c1ccc(CN(C)CCc2ccc(F)cc2)cc1. The van der Waals surface area contributed by atoms with E-state index in [2.05, 4.69) is 55.0 Å². The molecule has 3 aromatic rings. The molecule has 2 heterocycles. The minimum atomic E-state index is -1.13. The van der Waals surface area contributed by atoms with E-state index in [-0.39, 0.29) is 11.2 Å². The lowest BCUT2D eigenvalue weighted by molar-refractivity contribution is -0.160. The number of anilines is 1. The van der Waals surface area contributed by atoms with E-state index in [0.29, 0.717) is 11.3 Å². The van der Waals surface area contributed by atoms with E-state index in [0.717, 1.165) is 73.5 Å². The number of piperidine rings is 1. The highest BCUT2D eigenvalue weighted by Crippen LogP contribution is 2.44. The number of hydrogen-bond donors (Lipinski definition) is 1. The van der Waals surface area contributed by atoms with Crippen molar-refractivity contribution < 1.29 is 19.0 Å². The summed E-state index contributed by atoms with van der Waals surface area (Å²) in [7, 11) is 2.09. The minimum Gasteiger partial charge on any atom is -0.479 e. The maximum Gasteiger partial charge on any atom is 0.337 e. The Hall–Kier alpha value is -3.29. The van der Waals surface area contributed by atoms with Gasteiger partial charge in [-0.1, -0.05) is 50.2 Å². The topological polar surface area (TPSA) is 65.9 Å². The van der Waals surface area contributed by atoms with Crippen molar-refractivity contribution >= 4 is 11.7 Å². The molecule has 0 saturated carbocycles. The molecule has 1 aromatic heterocycles. The standard InChI is InChI=1S/C36H48FN3O3/c1-24-30(28-13-9-27(10-14-28)23-39(8)20-17-26-11-15-29(37)16-12-26)32(40-21-18-36(6,7)19-22-40)31(25(2)38-24)33(34(41)42)43-35(3,4)5/h9-16,33H,17-23H2,1-8H3,(H,41,42)/t33-/m0/s1. The Morgan fingerprint density at radius 3 is 2.16 bits per heavy atom. The Balaban J connectivity index is 1.68. The predicted octanol–water partition coefficient (Wildman–Crippen LogP) is 7.75. The first kappa shape index (κ1) is 32.6. The third-order valence-electron chi connectivity index (χ3n) is 8.36. The van der Waals surface area contributed by atoms with Gasteiger partial charge in [-0.05, 0) is 95.2 Å². The van der Waals surface area contributed by atoms with Gasteiger partial charge >= 0.3 is 5.97 Å². The van der Waals surface area contributed by atoms with Gasteiger partial charge in [0, 0.05) is 48.7 Å². The lowest BCUT2D eigenvalue weighted by Crippen LogP contribution is -2.39. The fourth-order valence-corrected chi connectivity index (χ4v) is 5.89. The van der Waals surface area contributed by atoms with Crippen molar-refractivity contribution in [2.45, 2.75) is 86.0 Å². The summed E-state index contributed by atoms with van der Waals surface area (Å²) >= 11 is 0. The molecule has 1 aliphatic heterocycles. The Morgan fingerprint density at radius 2 is 1.60 bits per heavy atom. The number of pyridine rings is 1. The van der Waals surface area contributed by atoms with Gasteiger partial charge in [0.1, 0.15) is 5.82 Å². The van der Waals surface area contributed by atoms with Crippen LogP contribution in [0.2, 0.25) is 0 Å². The number of hydrogen-bond acceptors (Lipinski definition) is 5. The van der Waals surface area contributed by atoms with Gasteiger partial charge in [-0.15, -0.1) is 0 Å². The fraction of sp³-hybridized carbons (Fsp3) is 0.500. The van der Waals surface area contributed by atoms with Crippen molar-refractivity contribution in [3.8, 4) is 11.1 Å². The molecule has 6 nitrogen and oxygen atoms in total. The van der Waals surface area contributed by atoms with Crippen molar-refractivity contribution in [2.75, 3.05) is 31.6 Å². The summed E-state index contributed by atoms with van der Waals surface area (Å²) in [6, 6.07) is 15.2. The Morgan fingerprint density at radius 1 is 1.02 bits per heavy atom. The number of ether oxygens (including phenoxy) is 1. The molecule has 0 radical (unpaired) electrons. The molecular formula is C36H48FN3O3. The number of carboxylic acid groups (broad SMARTS) is 1. The number of carboxylic acids is 1. The maximum absolute atomic E-state index is 13.2. The highest BCUT2D eigenvalue weighted by Gasteiger charge is 2.36. The van der Waals surface area contributed by atoms with Gasteiger partial charge in [-0.3, -0.25) is 4.98 Å². The average Bonchev–Trinajstić information content (AvgIpc) is 2.91. The molecule has 43 heavy (non-hydrogen) atoms. The van der Waals surface area contributed by atoms with Crippen LogP contribution in [0.1, 0.15) is 81.6 Å². The van der Waals surface area contributed by atoms with E-state index < -0.39 is 17.7 Å². The number of carbonyl (C=O) groups is 1. The number of aryl methyl sites for hydroxylation is 2. The van der Waals surface area contributed by atoms with Crippen LogP contribution in [0.3, 0.4) is 0 Å². The molecule has 1 N–H and O–H groups in total. The van der Waals surface area contributed by atoms with Crippen molar-refractivity contribution in [1.29, 1.82) is 0 Å². The van der Waals surface area contributed by atoms with E-state index >= 15 is 0 Å². The summed E-state index contributed by atoms with van der Waals surface area (Å²) < 4.78 is 19.4. The first-order valence-electron chi connectivity index (χ1n) is 15.3. The number of benzene rings is 2. The van der Waals surface area contributed by atoms with Gasteiger partial charge in [-0.25, -0.2) is 9.18 Å². The van der Waals surface area contributed by atoms with Gasteiger partial charge in [-0.2, -0.15) is 0 Å². The Kier molecular flexibility index (Phi) is 9.97. The van der Waals surface area contributed by atoms with Crippen molar-refractivity contribution in [2.24, 2.45) is 5.41 Å². The number of aliphatic carboxylic acids is 1. The monoisotopic (exact) mass is 589 g/mol. The van der Waals surface area contributed by atoms with Gasteiger partial charge < -0.3 is 19.6 Å². The summed E-state index contributed by atoms with van der Waals surface area (Å²) in [4.78, 5) is 22.2. The fourth-order valence-electron chi connectivity index (χ4n) is 5.89. The summed E-state index contributed by atoms with van der Waals surface area (Å²) in [5.41, 5.74) is 7.04. The average molecular weight is 590 g/mol. The normalized spacial score (nSPS) is 16.0. The predicted molar refractivity (Wildman–Crippen MR) is 172 cm³/mol. The van der Waals surface area contributed by atoms with E-state index in [1.165, 1.54) is 17.7 Å². The number of aromatic nitrogens is 1. The van der Waals surface area contributed by atoms with Gasteiger partial charge in [0.2, 0.25) is 0 Å². The maximum atomic E-state index is 13.2. The van der Waals surface area contributed by atoms with Crippen LogP contribution in [0.25, 0.3) is 11.1 Å². The molecule has 4 rings (SSSR count). The van der Waals surface area contributed by atoms with Crippen LogP contribution in [0.5, 0.6) is 0 Å². The molecule has 0 unspecified atom stereocenters. The van der Waals surface area contributed by atoms with E-state index in [4.69, 9.17) is 9.72 Å². The summed E-state index contributed by atoms with van der Waals surface area (Å²) in [6.45, 7) is 17.5. The van der Waals surface area contributed by atoms with Crippen molar-refractivity contribution in [3.63, 3.8) is 0 Å². The number of nitrogens with zero attached hydrogens (tertiary/aromatic N) is 3. The molecule has 0 aliphatic carbocycles. The first-order valence-corrected chi connectivity index (χ1v) is 15.3. The summed E-state index contributed by atoms with van der Waals surface area (Å²) in [5.74, 6) is -1.22. The molecule has 1 fully saturated rings. The van der Waals surface area contributed by atoms with E-state index in [9.17, 15) is 14.3 Å². The van der Waals surface area contributed by atoms with Gasteiger partial charge in [0.25, 0.3) is 0 Å². The highest BCUT2D eigenvalue weighted by molar-refractivity contribution is 5.88. The van der Waals surface area contributed by atoms with Crippen LogP contribution >= 0.6 is 0 Å². The molecule has 0 spiro atoms. The molecule has 0 bridgehead atoms. The lowest BCUT2D eigenvalue weighted by Gasteiger charge is -2.41. The smallest absolute Gasteiger partial charge is 0.337 e. The van der Waals surface area contributed by atoms with Crippen molar-refractivity contribution in [3.05, 3.63) is 82.4 Å². The van der Waals surface area contributed by atoms with E-state index in [1.807, 2.05) is 46.8 Å². The molecule has 1 atom stereocenters. The van der Waals surface area contributed by atoms with Gasteiger partial charge in [0.15, 0.2) is 6.10 Å². The zero-order chi connectivity index (χ0) is 31.5. The second-order valence-corrected chi connectivity index (χ2v) is 13.8. The van der Waals surface area contributed by atoms with Crippen molar-refractivity contribution in [1.82, 2.24) is 9.88 Å². The molecule has 7 heteroatoms. The molecular weight excluding hydrogens is 541 g/mol. The number of rotatable bonds is 10. The second-order valence-electron chi connectivity index (χ2n) is 13.8. The van der Waals surface area contributed by atoms with Crippen LogP contribution in [-0.2, 0) is 22.5 Å². The first-order chi connectivity index (χ1) is 20.1. The molecule has 0 amide bonds. The lowest BCUT2D eigenvalue weighted by atomic mass is 9.81. The van der Waals surface area contributed by atoms with E-state index in [1.54, 1.807) is 0 Å². The molecule has 1 saturated heterocycles. The Bertz CT molecular complexity index is 1400.